The molecule has 0 unspecified atom stereocenters. The Balaban J connectivity index is 2.05. The van der Waals surface area contributed by atoms with Gasteiger partial charge in [-0.05, 0) is 37.1 Å². The van der Waals surface area contributed by atoms with Gasteiger partial charge in [-0.2, -0.15) is 5.10 Å². The first-order valence-electron chi connectivity index (χ1n) is 6.62. The number of nitrogens with zero attached hydrogens (tertiary/aromatic N) is 2. The van der Waals surface area contributed by atoms with Crippen molar-refractivity contribution in [2.45, 2.75) is 13.8 Å². The van der Waals surface area contributed by atoms with Gasteiger partial charge in [0.25, 0.3) is 11.6 Å². The van der Waals surface area contributed by atoms with Crippen molar-refractivity contribution < 1.29 is 9.72 Å². The lowest BCUT2D eigenvalue weighted by Crippen LogP contribution is -2.17. The van der Waals surface area contributed by atoms with Crippen molar-refractivity contribution in [3.63, 3.8) is 0 Å². The first-order valence-corrected chi connectivity index (χ1v) is 6.62. The summed E-state index contributed by atoms with van der Waals surface area (Å²) in [5.41, 5.74) is 5.56. The van der Waals surface area contributed by atoms with E-state index in [9.17, 15) is 14.9 Å². The average Bonchev–Trinajstić information content (AvgIpc) is 2.50. The molecule has 22 heavy (non-hydrogen) atoms. The number of hydrogen-bond donors (Lipinski definition) is 1. The van der Waals surface area contributed by atoms with Crippen LogP contribution < -0.4 is 5.43 Å². The van der Waals surface area contributed by atoms with E-state index in [1.165, 1.54) is 18.3 Å². The Kier molecular flexibility index (Phi) is 4.63. The molecule has 6 nitrogen and oxygen atoms in total. The largest absolute Gasteiger partial charge is 0.271 e. The lowest BCUT2D eigenvalue weighted by Gasteiger charge is -2.03. The highest BCUT2D eigenvalue weighted by Gasteiger charge is 2.06. The van der Waals surface area contributed by atoms with Crippen LogP contribution in [-0.4, -0.2) is 17.0 Å². The number of nitro groups is 1. The van der Waals surface area contributed by atoms with Crippen molar-refractivity contribution in [1.82, 2.24) is 5.43 Å². The summed E-state index contributed by atoms with van der Waals surface area (Å²) in [4.78, 5) is 22.1. The summed E-state index contributed by atoms with van der Waals surface area (Å²) in [5, 5.41) is 14.5. The minimum absolute atomic E-state index is 0.0237. The van der Waals surface area contributed by atoms with Crippen molar-refractivity contribution in [1.29, 1.82) is 0 Å². The highest BCUT2D eigenvalue weighted by molar-refractivity contribution is 5.95. The molecule has 0 aliphatic heterocycles. The van der Waals surface area contributed by atoms with Crippen LogP contribution in [0.1, 0.15) is 27.0 Å². The molecule has 0 aliphatic carbocycles. The number of hydrogen-bond acceptors (Lipinski definition) is 4. The minimum Gasteiger partial charge on any atom is -0.267 e. The van der Waals surface area contributed by atoms with Crippen molar-refractivity contribution >= 4 is 17.8 Å². The van der Waals surface area contributed by atoms with Gasteiger partial charge in [-0.1, -0.05) is 18.2 Å². The van der Waals surface area contributed by atoms with Crippen molar-refractivity contribution in [2.24, 2.45) is 5.10 Å². The Labute approximate surface area is 127 Å². The van der Waals surface area contributed by atoms with Crippen LogP contribution in [0.4, 0.5) is 5.69 Å². The van der Waals surface area contributed by atoms with E-state index in [0.717, 1.165) is 11.1 Å². The molecule has 1 amide bonds. The topological polar surface area (TPSA) is 84.6 Å². The zero-order chi connectivity index (χ0) is 16.1. The molecule has 2 rings (SSSR count). The normalized spacial score (nSPS) is 10.6. The molecule has 0 aliphatic rings. The molecule has 0 spiro atoms. The Morgan fingerprint density at radius 2 is 1.95 bits per heavy atom. The van der Waals surface area contributed by atoms with Crippen molar-refractivity contribution in [2.75, 3.05) is 0 Å². The predicted molar refractivity (Wildman–Crippen MR) is 84.1 cm³/mol. The third-order valence-corrected chi connectivity index (χ3v) is 3.23. The summed E-state index contributed by atoms with van der Waals surface area (Å²) in [6.45, 7) is 3.90. The summed E-state index contributed by atoms with van der Waals surface area (Å²) < 4.78 is 0. The molecule has 2 aromatic carbocycles. The van der Waals surface area contributed by atoms with E-state index in [1.54, 1.807) is 24.3 Å². The summed E-state index contributed by atoms with van der Waals surface area (Å²) in [6.07, 6.45) is 1.37. The van der Waals surface area contributed by atoms with Crippen molar-refractivity contribution in [3.05, 3.63) is 74.8 Å². The Morgan fingerprint density at radius 3 is 2.64 bits per heavy atom. The van der Waals surface area contributed by atoms with Gasteiger partial charge in [0, 0.05) is 23.3 Å². The quantitative estimate of drug-likeness (QED) is 0.535. The van der Waals surface area contributed by atoms with Crippen LogP contribution >= 0.6 is 0 Å². The number of carbonyl (C=O) groups is 1. The molecule has 0 aromatic heterocycles. The Morgan fingerprint density at radius 1 is 1.18 bits per heavy atom. The highest BCUT2D eigenvalue weighted by atomic mass is 16.6. The van der Waals surface area contributed by atoms with Crippen LogP contribution in [0.3, 0.4) is 0 Å². The first-order chi connectivity index (χ1) is 10.5. The molecule has 0 bridgehead atoms. The standard InChI is InChI=1S/C16H15N3O3/c1-11-6-7-14(8-12(11)2)16(20)18-17-10-13-4-3-5-15(9-13)19(21)22/h3-10H,1-2H3,(H,18,20). The number of nitro benzene ring substituents is 1. The van der Waals surface area contributed by atoms with E-state index in [0.29, 0.717) is 11.1 Å². The maximum absolute atomic E-state index is 11.9. The summed E-state index contributed by atoms with van der Waals surface area (Å²) in [5.74, 6) is -0.329. The summed E-state index contributed by atoms with van der Waals surface area (Å²) in [6, 6.07) is 11.4. The van der Waals surface area contributed by atoms with E-state index in [4.69, 9.17) is 0 Å². The van der Waals surface area contributed by atoms with Crippen LogP contribution in [-0.2, 0) is 0 Å². The lowest BCUT2D eigenvalue weighted by molar-refractivity contribution is -0.384. The fourth-order valence-corrected chi connectivity index (χ4v) is 1.83. The molecule has 0 heterocycles. The maximum Gasteiger partial charge on any atom is 0.271 e. The fraction of sp³-hybridized carbons (Fsp3) is 0.125. The summed E-state index contributed by atoms with van der Waals surface area (Å²) >= 11 is 0. The number of non-ortho nitro benzene ring substituents is 1. The van der Waals surface area contributed by atoms with Crippen LogP contribution in [0.25, 0.3) is 0 Å². The molecule has 0 atom stereocenters. The second-order valence-electron chi connectivity index (χ2n) is 4.85. The van der Waals surface area contributed by atoms with Gasteiger partial charge in [0.05, 0.1) is 11.1 Å². The second-order valence-corrected chi connectivity index (χ2v) is 4.85. The van der Waals surface area contributed by atoms with Gasteiger partial charge < -0.3 is 0 Å². The molecule has 2 aromatic rings. The SMILES string of the molecule is Cc1ccc(C(=O)NN=Cc2cccc([N+](=O)[O-])c2)cc1C. The molecule has 112 valence electrons. The van der Waals surface area contributed by atoms with Gasteiger partial charge in [0.15, 0.2) is 0 Å². The summed E-state index contributed by atoms with van der Waals surface area (Å²) in [7, 11) is 0. The van der Waals surface area contributed by atoms with Gasteiger partial charge in [0.1, 0.15) is 0 Å². The molecule has 0 saturated carbocycles. The number of nitrogens with one attached hydrogen (secondary N) is 1. The van der Waals surface area contributed by atoms with E-state index in [1.807, 2.05) is 19.9 Å². The zero-order valence-corrected chi connectivity index (χ0v) is 12.2. The molecule has 6 heteroatoms. The predicted octanol–water partition coefficient (Wildman–Crippen LogP) is 2.98. The molecule has 0 radical (unpaired) electrons. The Bertz CT molecular complexity index is 754. The van der Waals surface area contributed by atoms with Gasteiger partial charge in [-0.15, -0.1) is 0 Å². The minimum atomic E-state index is -0.481. The van der Waals surface area contributed by atoms with E-state index < -0.39 is 4.92 Å². The third kappa shape index (κ3) is 3.76. The van der Waals surface area contributed by atoms with E-state index in [2.05, 4.69) is 10.5 Å². The van der Waals surface area contributed by atoms with Crippen LogP contribution in [0.2, 0.25) is 0 Å². The van der Waals surface area contributed by atoms with Crippen molar-refractivity contribution in [3.8, 4) is 0 Å². The molecular weight excluding hydrogens is 282 g/mol. The first kappa shape index (κ1) is 15.4. The fourth-order valence-electron chi connectivity index (χ4n) is 1.83. The molecule has 1 N–H and O–H groups in total. The van der Waals surface area contributed by atoms with Gasteiger partial charge in [0.2, 0.25) is 0 Å². The van der Waals surface area contributed by atoms with Crippen LogP contribution in [0, 0.1) is 24.0 Å². The molecule has 0 fully saturated rings. The van der Waals surface area contributed by atoms with Gasteiger partial charge in [-0.3, -0.25) is 14.9 Å². The maximum atomic E-state index is 11.9. The monoisotopic (exact) mass is 297 g/mol. The number of benzene rings is 2. The number of rotatable bonds is 4. The second kappa shape index (κ2) is 6.62. The van der Waals surface area contributed by atoms with E-state index in [-0.39, 0.29) is 11.6 Å². The number of amides is 1. The number of hydrazone groups is 1. The average molecular weight is 297 g/mol. The molecule has 0 saturated heterocycles. The zero-order valence-electron chi connectivity index (χ0n) is 12.2. The van der Waals surface area contributed by atoms with Crippen LogP contribution in [0.5, 0.6) is 0 Å². The van der Waals surface area contributed by atoms with Gasteiger partial charge >= 0.3 is 0 Å². The number of carbonyl (C=O) groups excluding carboxylic acids is 1. The number of aryl methyl sites for hydroxylation is 2. The molecular formula is C16H15N3O3. The highest BCUT2D eigenvalue weighted by Crippen LogP contribution is 2.12. The lowest BCUT2D eigenvalue weighted by atomic mass is 10.1. The van der Waals surface area contributed by atoms with E-state index >= 15 is 0 Å². The Hall–Kier alpha value is -3.02. The smallest absolute Gasteiger partial charge is 0.267 e. The van der Waals surface area contributed by atoms with Gasteiger partial charge in [-0.25, -0.2) is 5.43 Å². The van der Waals surface area contributed by atoms with Crippen LogP contribution in [0.15, 0.2) is 47.6 Å². The third-order valence-electron chi connectivity index (χ3n) is 3.23.